The summed E-state index contributed by atoms with van der Waals surface area (Å²) >= 11 is 1.39. The van der Waals surface area contributed by atoms with Gasteiger partial charge in [0, 0.05) is 13.1 Å². The molecule has 1 aromatic heterocycles. The zero-order valence-electron chi connectivity index (χ0n) is 11.0. The van der Waals surface area contributed by atoms with Crippen molar-refractivity contribution < 1.29 is 9.90 Å². The first-order valence-electron chi connectivity index (χ1n) is 6.32. The number of likely N-dealkylation sites (tertiary alicyclic amines) is 1. The summed E-state index contributed by atoms with van der Waals surface area (Å²) in [4.78, 5) is 15.6. The van der Waals surface area contributed by atoms with Crippen molar-refractivity contribution in [2.75, 3.05) is 19.6 Å². The molecule has 0 bridgehead atoms. The molecule has 1 aromatic rings. The predicted octanol–water partition coefficient (Wildman–Crippen LogP) is 1.05. The number of rotatable bonds is 1. The number of thiophene rings is 1. The fourth-order valence-electron chi connectivity index (χ4n) is 2.01. The number of nitrogens with two attached hydrogens (primary N) is 1. The average molecular weight is 278 g/mol. The molecule has 0 spiro atoms. The topological polar surface area (TPSA) is 66.6 Å². The van der Waals surface area contributed by atoms with Crippen LogP contribution >= 0.6 is 11.3 Å². The minimum atomic E-state index is -0.635. The van der Waals surface area contributed by atoms with Crippen molar-refractivity contribution in [2.45, 2.75) is 25.4 Å². The third-order valence-electron chi connectivity index (χ3n) is 3.26. The van der Waals surface area contributed by atoms with E-state index in [4.69, 9.17) is 5.73 Å². The Hall–Kier alpha value is -1.35. The van der Waals surface area contributed by atoms with Crippen LogP contribution in [0.1, 0.15) is 34.3 Å². The summed E-state index contributed by atoms with van der Waals surface area (Å²) in [6.45, 7) is 3.35. The number of hydrogen-bond donors (Lipinski definition) is 2. The zero-order chi connectivity index (χ0) is 13.9. The lowest BCUT2D eigenvalue weighted by molar-refractivity contribution is -0.00188. The van der Waals surface area contributed by atoms with E-state index in [9.17, 15) is 9.90 Å². The summed E-state index contributed by atoms with van der Waals surface area (Å²) in [5.74, 6) is 5.73. The van der Waals surface area contributed by atoms with Gasteiger partial charge in [-0.1, -0.05) is 11.8 Å². The Labute approximate surface area is 117 Å². The van der Waals surface area contributed by atoms with Gasteiger partial charge in [-0.05, 0) is 31.9 Å². The van der Waals surface area contributed by atoms with Crippen molar-refractivity contribution in [1.82, 2.24) is 4.90 Å². The number of aliphatic hydroxyl groups is 1. The number of carbonyl (C=O) groups is 1. The van der Waals surface area contributed by atoms with Crippen LogP contribution in [0.4, 0.5) is 0 Å². The van der Waals surface area contributed by atoms with Crippen molar-refractivity contribution in [2.24, 2.45) is 5.73 Å². The molecule has 0 radical (unpaired) electrons. The van der Waals surface area contributed by atoms with Gasteiger partial charge in [0.05, 0.1) is 21.9 Å². The first-order chi connectivity index (χ1) is 9.02. The molecule has 1 aliphatic rings. The highest BCUT2D eigenvalue weighted by atomic mass is 32.1. The van der Waals surface area contributed by atoms with E-state index in [0.717, 1.165) is 4.88 Å². The molecule has 4 nitrogen and oxygen atoms in total. The van der Waals surface area contributed by atoms with E-state index in [1.54, 1.807) is 11.0 Å². The van der Waals surface area contributed by atoms with Gasteiger partial charge in [0.1, 0.15) is 0 Å². The van der Waals surface area contributed by atoms with E-state index in [0.29, 0.717) is 37.4 Å². The Morgan fingerprint density at radius 2 is 2.21 bits per heavy atom. The van der Waals surface area contributed by atoms with Crippen LogP contribution in [0.15, 0.2) is 12.1 Å². The highest BCUT2D eigenvalue weighted by Gasteiger charge is 2.30. The smallest absolute Gasteiger partial charge is 0.263 e. The number of amides is 1. The van der Waals surface area contributed by atoms with E-state index in [1.165, 1.54) is 11.3 Å². The normalized spacial score (nSPS) is 17.7. The number of carbonyl (C=O) groups excluding carboxylic acids is 1. The SMILES string of the molecule is CC1(O)CCN(C(=O)c2ccc(C#CCN)s2)CC1. The van der Waals surface area contributed by atoms with Gasteiger partial charge >= 0.3 is 0 Å². The van der Waals surface area contributed by atoms with Crippen LogP contribution in [0, 0.1) is 11.8 Å². The molecule has 1 amide bonds. The quantitative estimate of drug-likeness (QED) is 0.755. The molecule has 5 heteroatoms. The second-order valence-corrected chi connectivity index (χ2v) is 6.04. The molecule has 19 heavy (non-hydrogen) atoms. The standard InChI is InChI=1S/C14H18N2O2S/c1-14(18)6-9-16(10-7-14)13(17)12-5-4-11(19-12)3-2-8-15/h4-5,18H,6-10,15H2,1H3. The average Bonchev–Trinajstić information content (AvgIpc) is 2.84. The van der Waals surface area contributed by atoms with Gasteiger partial charge in [-0.2, -0.15) is 0 Å². The molecule has 0 aliphatic carbocycles. The van der Waals surface area contributed by atoms with Crippen molar-refractivity contribution >= 4 is 17.2 Å². The lowest BCUT2D eigenvalue weighted by Gasteiger charge is -2.35. The second-order valence-electron chi connectivity index (χ2n) is 4.96. The lowest BCUT2D eigenvalue weighted by Crippen LogP contribution is -2.44. The van der Waals surface area contributed by atoms with Gasteiger partial charge in [0.15, 0.2) is 0 Å². The minimum absolute atomic E-state index is 0.0290. The molecule has 3 N–H and O–H groups in total. The van der Waals surface area contributed by atoms with E-state index in [1.807, 2.05) is 13.0 Å². The number of nitrogens with zero attached hydrogens (tertiary/aromatic N) is 1. The van der Waals surface area contributed by atoms with Crippen LogP contribution in [-0.2, 0) is 0 Å². The van der Waals surface area contributed by atoms with E-state index < -0.39 is 5.60 Å². The molecule has 0 saturated carbocycles. The third kappa shape index (κ3) is 3.57. The van der Waals surface area contributed by atoms with Crippen LogP contribution in [0.3, 0.4) is 0 Å². The van der Waals surface area contributed by atoms with Crippen LogP contribution in [-0.4, -0.2) is 41.1 Å². The number of piperidine rings is 1. The molecule has 102 valence electrons. The molecule has 0 unspecified atom stereocenters. The van der Waals surface area contributed by atoms with Crippen LogP contribution < -0.4 is 5.73 Å². The highest BCUT2D eigenvalue weighted by molar-refractivity contribution is 7.14. The van der Waals surface area contributed by atoms with Gasteiger partial charge in [-0.15, -0.1) is 11.3 Å². The molecular formula is C14H18N2O2S. The fraction of sp³-hybridized carbons (Fsp3) is 0.500. The third-order valence-corrected chi connectivity index (χ3v) is 4.25. The Kier molecular flexibility index (Phi) is 4.25. The molecular weight excluding hydrogens is 260 g/mol. The summed E-state index contributed by atoms with van der Waals surface area (Å²) < 4.78 is 0. The van der Waals surface area contributed by atoms with Crippen LogP contribution in [0.2, 0.25) is 0 Å². The van der Waals surface area contributed by atoms with Crippen LogP contribution in [0.25, 0.3) is 0 Å². The molecule has 2 heterocycles. The minimum Gasteiger partial charge on any atom is -0.390 e. The van der Waals surface area contributed by atoms with Crippen molar-refractivity contribution in [3.63, 3.8) is 0 Å². The first kappa shape index (κ1) is 14.1. The van der Waals surface area contributed by atoms with E-state index in [2.05, 4.69) is 11.8 Å². The summed E-state index contributed by atoms with van der Waals surface area (Å²) in [6, 6.07) is 3.65. The lowest BCUT2D eigenvalue weighted by atomic mass is 9.94. The molecule has 0 aromatic carbocycles. The van der Waals surface area contributed by atoms with Gasteiger partial charge in [-0.3, -0.25) is 4.79 Å². The maximum Gasteiger partial charge on any atom is 0.263 e. The van der Waals surface area contributed by atoms with Gasteiger partial charge < -0.3 is 15.7 Å². The van der Waals surface area contributed by atoms with E-state index >= 15 is 0 Å². The Morgan fingerprint density at radius 3 is 2.84 bits per heavy atom. The Balaban J connectivity index is 2.02. The molecule has 1 aliphatic heterocycles. The predicted molar refractivity (Wildman–Crippen MR) is 76.0 cm³/mol. The van der Waals surface area contributed by atoms with Gasteiger partial charge in [0.25, 0.3) is 5.91 Å². The van der Waals surface area contributed by atoms with Crippen molar-refractivity contribution in [1.29, 1.82) is 0 Å². The fourth-order valence-corrected chi connectivity index (χ4v) is 2.85. The molecule has 1 fully saturated rings. The van der Waals surface area contributed by atoms with Crippen LogP contribution in [0.5, 0.6) is 0 Å². The van der Waals surface area contributed by atoms with Gasteiger partial charge in [0.2, 0.25) is 0 Å². The summed E-state index contributed by atoms with van der Waals surface area (Å²) in [5, 5.41) is 9.88. The maximum absolute atomic E-state index is 12.3. The monoisotopic (exact) mass is 278 g/mol. The highest BCUT2D eigenvalue weighted by Crippen LogP contribution is 2.24. The first-order valence-corrected chi connectivity index (χ1v) is 7.14. The maximum atomic E-state index is 12.3. The van der Waals surface area contributed by atoms with E-state index in [-0.39, 0.29) is 5.91 Å². The molecule has 0 atom stereocenters. The van der Waals surface area contributed by atoms with Crippen molar-refractivity contribution in [3.05, 3.63) is 21.9 Å². The second kappa shape index (κ2) is 5.74. The Morgan fingerprint density at radius 1 is 1.53 bits per heavy atom. The van der Waals surface area contributed by atoms with Crippen molar-refractivity contribution in [3.8, 4) is 11.8 Å². The summed E-state index contributed by atoms with van der Waals surface area (Å²) in [5.41, 5.74) is 4.68. The summed E-state index contributed by atoms with van der Waals surface area (Å²) in [6.07, 6.45) is 1.26. The molecule has 1 saturated heterocycles. The number of hydrogen-bond acceptors (Lipinski definition) is 4. The largest absolute Gasteiger partial charge is 0.390 e. The zero-order valence-corrected chi connectivity index (χ0v) is 11.8. The Bertz CT molecular complexity index is 515. The summed E-state index contributed by atoms with van der Waals surface area (Å²) in [7, 11) is 0. The van der Waals surface area contributed by atoms with Gasteiger partial charge in [-0.25, -0.2) is 0 Å². The molecule has 2 rings (SSSR count).